The third-order valence-electron chi connectivity index (χ3n) is 4.09. The SMILES string of the molecule is CC(C)(C)c1ccc(-c2ccc(C(C)(C)C)c(OC(F)F)c2)cc1. The highest BCUT2D eigenvalue weighted by Crippen LogP contribution is 2.36. The van der Waals surface area contributed by atoms with Gasteiger partial charge in [-0.1, -0.05) is 77.9 Å². The van der Waals surface area contributed by atoms with Crippen LogP contribution in [-0.2, 0) is 10.8 Å². The fraction of sp³-hybridized carbons (Fsp3) is 0.429. The van der Waals surface area contributed by atoms with E-state index in [1.165, 1.54) is 5.56 Å². The minimum atomic E-state index is -2.83. The average molecular weight is 332 g/mol. The average Bonchev–Trinajstić information content (AvgIpc) is 2.44. The predicted octanol–water partition coefficient (Wildman–Crippen LogP) is 6.55. The third-order valence-corrected chi connectivity index (χ3v) is 4.09. The Morgan fingerprint density at radius 1 is 0.750 bits per heavy atom. The van der Waals surface area contributed by atoms with Crippen LogP contribution in [0.5, 0.6) is 5.75 Å². The molecule has 0 bridgehead atoms. The molecule has 0 saturated carbocycles. The van der Waals surface area contributed by atoms with Crippen molar-refractivity contribution in [2.45, 2.75) is 59.0 Å². The van der Waals surface area contributed by atoms with Crippen LogP contribution >= 0.6 is 0 Å². The van der Waals surface area contributed by atoms with E-state index in [0.29, 0.717) is 0 Å². The largest absolute Gasteiger partial charge is 0.435 e. The van der Waals surface area contributed by atoms with Crippen LogP contribution in [0.2, 0.25) is 0 Å². The molecule has 0 saturated heterocycles. The van der Waals surface area contributed by atoms with E-state index in [1.807, 2.05) is 45.0 Å². The molecule has 0 aromatic heterocycles. The number of hydrogen-bond donors (Lipinski definition) is 0. The Bertz CT molecular complexity index is 689. The fourth-order valence-electron chi connectivity index (χ4n) is 2.68. The van der Waals surface area contributed by atoms with Crippen LogP contribution in [0.15, 0.2) is 42.5 Å². The zero-order valence-corrected chi connectivity index (χ0v) is 15.3. The number of rotatable bonds is 3. The minimum Gasteiger partial charge on any atom is -0.435 e. The summed E-state index contributed by atoms with van der Waals surface area (Å²) in [4.78, 5) is 0. The second-order valence-corrected chi connectivity index (χ2v) is 8.17. The van der Waals surface area contributed by atoms with Crippen molar-refractivity contribution >= 4 is 0 Å². The van der Waals surface area contributed by atoms with Gasteiger partial charge in [-0.3, -0.25) is 0 Å². The van der Waals surface area contributed by atoms with E-state index in [1.54, 1.807) is 6.07 Å². The standard InChI is InChI=1S/C21H26F2O/c1-20(2,3)16-10-7-14(8-11-16)15-9-12-17(21(4,5)6)18(13-15)24-19(22)23/h7-13,19H,1-6H3. The molecule has 2 aromatic carbocycles. The Balaban J connectivity index is 2.44. The summed E-state index contributed by atoms with van der Waals surface area (Å²) in [5.74, 6) is 0.245. The zero-order valence-electron chi connectivity index (χ0n) is 15.3. The fourth-order valence-corrected chi connectivity index (χ4v) is 2.68. The molecule has 0 radical (unpaired) electrons. The molecule has 24 heavy (non-hydrogen) atoms. The summed E-state index contributed by atoms with van der Waals surface area (Å²) in [5, 5.41) is 0. The number of halogens is 2. The topological polar surface area (TPSA) is 9.23 Å². The maximum absolute atomic E-state index is 12.8. The van der Waals surface area contributed by atoms with Gasteiger partial charge in [0.25, 0.3) is 0 Å². The van der Waals surface area contributed by atoms with Crippen LogP contribution in [0, 0.1) is 0 Å². The summed E-state index contributed by atoms with van der Waals surface area (Å²) in [6.45, 7) is 9.61. The van der Waals surface area contributed by atoms with Crippen molar-refractivity contribution in [3.8, 4) is 16.9 Å². The Labute approximate surface area is 143 Å². The van der Waals surface area contributed by atoms with E-state index in [4.69, 9.17) is 4.74 Å². The smallest absolute Gasteiger partial charge is 0.387 e. The van der Waals surface area contributed by atoms with Crippen LogP contribution in [-0.4, -0.2) is 6.61 Å². The molecule has 0 amide bonds. The molecule has 0 heterocycles. The van der Waals surface area contributed by atoms with Crippen LogP contribution in [0.1, 0.15) is 52.7 Å². The molecule has 0 spiro atoms. The molecule has 3 heteroatoms. The number of hydrogen-bond acceptors (Lipinski definition) is 1. The van der Waals surface area contributed by atoms with Crippen molar-refractivity contribution in [3.05, 3.63) is 53.6 Å². The highest BCUT2D eigenvalue weighted by Gasteiger charge is 2.21. The van der Waals surface area contributed by atoms with Gasteiger partial charge in [-0.05, 0) is 39.2 Å². The summed E-state index contributed by atoms with van der Waals surface area (Å²) >= 11 is 0. The van der Waals surface area contributed by atoms with Gasteiger partial charge in [0, 0.05) is 0 Å². The van der Waals surface area contributed by atoms with Crippen LogP contribution in [0.25, 0.3) is 11.1 Å². The van der Waals surface area contributed by atoms with Gasteiger partial charge in [-0.25, -0.2) is 0 Å². The lowest BCUT2D eigenvalue weighted by molar-refractivity contribution is -0.0508. The molecule has 0 unspecified atom stereocenters. The molecule has 0 N–H and O–H groups in total. The summed E-state index contributed by atoms with van der Waals surface area (Å²) in [7, 11) is 0. The minimum absolute atomic E-state index is 0.0819. The lowest BCUT2D eigenvalue weighted by atomic mass is 9.84. The first kappa shape index (κ1) is 18.4. The Morgan fingerprint density at radius 3 is 1.75 bits per heavy atom. The van der Waals surface area contributed by atoms with E-state index >= 15 is 0 Å². The quantitative estimate of drug-likeness (QED) is 0.619. The molecule has 0 aliphatic carbocycles. The Morgan fingerprint density at radius 2 is 1.29 bits per heavy atom. The van der Waals surface area contributed by atoms with Crippen molar-refractivity contribution in [1.29, 1.82) is 0 Å². The summed E-state index contributed by atoms with van der Waals surface area (Å²) in [6.07, 6.45) is 0. The highest BCUT2D eigenvalue weighted by molar-refractivity contribution is 5.67. The van der Waals surface area contributed by atoms with Gasteiger partial charge < -0.3 is 4.74 Å². The Kier molecular flexibility index (Phi) is 5.03. The van der Waals surface area contributed by atoms with E-state index < -0.39 is 6.61 Å². The van der Waals surface area contributed by atoms with Gasteiger partial charge in [0.2, 0.25) is 0 Å². The van der Waals surface area contributed by atoms with Gasteiger partial charge in [0.05, 0.1) is 0 Å². The molecule has 0 aliphatic heterocycles. The number of benzene rings is 2. The molecule has 0 aliphatic rings. The maximum Gasteiger partial charge on any atom is 0.387 e. The maximum atomic E-state index is 12.8. The molecule has 0 atom stereocenters. The van der Waals surface area contributed by atoms with Gasteiger partial charge in [-0.15, -0.1) is 0 Å². The van der Waals surface area contributed by atoms with Crippen LogP contribution < -0.4 is 4.74 Å². The first-order chi connectivity index (χ1) is 11.0. The first-order valence-corrected chi connectivity index (χ1v) is 8.19. The molecular formula is C21H26F2O. The van der Waals surface area contributed by atoms with Crippen molar-refractivity contribution in [3.63, 3.8) is 0 Å². The van der Waals surface area contributed by atoms with Gasteiger partial charge in [0.15, 0.2) is 0 Å². The normalized spacial score (nSPS) is 12.5. The van der Waals surface area contributed by atoms with E-state index in [0.717, 1.165) is 16.7 Å². The number of ether oxygens (including phenoxy) is 1. The second kappa shape index (κ2) is 6.54. The van der Waals surface area contributed by atoms with E-state index in [2.05, 4.69) is 32.9 Å². The van der Waals surface area contributed by atoms with Crippen molar-refractivity contribution < 1.29 is 13.5 Å². The molecule has 1 nitrogen and oxygen atoms in total. The van der Waals surface area contributed by atoms with Gasteiger partial charge >= 0.3 is 6.61 Å². The Hall–Kier alpha value is -1.90. The van der Waals surface area contributed by atoms with E-state index in [9.17, 15) is 8.78 Å². The summed E-state index contributed by atoms with van der Waals surface area (Å²) in [6, 6.07) is 13.8. The van der Waals surface area contributed by atoms with Gasteiger partial charge in [0.1, 0.15) is 5.75 Å². The van der Waals surface area contributed by atoms with Gasteiger partial charge in [-0.2, -0.15) is 8.78 Å². The lowest BCUT2D eigenvalue weighted by Gasteiger charge is -2.23. The third kappa shape index (κ3) is 4.34. The summed E-state index contributed by atoms with van der Waals surface area (Å²) < 4.78 is 30.3. The predicted molar refractivity (Wildman–Crippen MR) is 95.9 cm³/mol. The van der Waals surface area contributed by atoms with Crippen LogP contribution in [0.3, 0.4) is 0 Å². The number of alkyl halides is 2. The second-order valence-electron chi connectivity index (χ2n) is 8.17. The highest BCUT2D eigenvalue weighted by atomic mass is 19.3. The molecule has 130 valence electrons. The molecule has 0 fully saturated rings. The van der Waals surface area contributed by atoms with Crippen molar-refractivity contribution in [1.82, 2.24) is 0 Å². The van der Waals surface area contributed by atoms with E-state index in [-0.39, 0.29) is 16.6 Å². The van der Waals surface area contributed by atoms with Crippen LogP contribution in [0.4, 0.5) is 8.78 Å². The first-order valence-electron chi connectivity index (χ1n) is 8.19. The molecule has 2 rings (SSSR count). The molecule has 2 aromatic rings. The van der Waals surface area contributed by atoms with Crippen molar-refractivity contribution in [2.24, 2.45) is 0 Å². The van der Waals surface area contributed by atoms with Crippen molar-refractivity contribution in [2.75, 3.05) is 0 Å². The lowest BCUT2D eigenvalue weighted by Crippen LogP contribution is -2.15. The molecular weight excluding hydrogens is 306 g/mol. The monoisotopic (exact) mass is 332 g/mol. The zero-order chi connectivity index (χ0) is 18.1. The summed E-state index contributed by atoms with van der Waals surface area (Å²) in [5.41, 5.74) is 3.69.